The standard InChI is InChI=1S/C17H23ClN2O3/c1-11(2)10-23-17(22)20-8-4-5-15(20)16(21)19-14-7-6-13(18)9-12(14)3/h6-7,9,11,15H,4-5,8,10H2,1-3H3,(H,19,21)/t15-/m1/s1. The molecule has 1 aliphatic heterocycles. The molecule has 1 heterocycles. The topological polar surface area (TPSA) is 58.6 Å². The van der Waals surface area contributed by atoms with Crippen LogP contribution in [0.25, 0.3) is 0 Å². The summed E-state index contributed by atoms with van der Waals surface area (Å²) in [5, 5.41) is 3.51. The molecule has 0 aliphatic carbocycles. The number of ether oxygens (including phenoxy) is 1. The minimum absolute atomic E-state index is 0.186. The third kappa shape index (κ3) is 4.61. The normalized spacial score (nSPS) is 17.4. The molecule has 0 bridgehead atoms. The number of likely N-dealkylation sites (tertiary alicyclic amines) is 1. The van der Waals surface area contributed by atoms with Crippen LogP contribution in [0.4, 0.5) is 10.5 Å². The monoisotopic (exact) mass is 338 g/mol. The van der Waals surface area contributed by atoms with Crippen molar-refractivity contribution in [2.24, 2.45) is 5.92 Å². The highest BCUT2D eigenvalue weighted by atomic mass is 35.5. The Kier molecular flexibility index (Phi) is 5.88. The summed E-state index contributed by atoms with van der Waals surface area (Å²) >= 11 is 5.92. The molecular formula is C17H23ClN2O3. The molecule has 126 valence electrons. The second kappa shape index (κ2) is 7.68. The van der Waals surface area contributed by atoms with E-state index in [0.717, 1.165) is 12.0 Å². The lowest BCUT2D eigenvalue weighted by atomic mass is 10.1. The molecule has 1 fully saturated rings. The van der Waals surface area contributed by atoms with Crippen molar-refractivity contribution in [2.75, 3.05) is 18.5 Å². The van der Waals surface area contributed by atoms with E-state index in [4.69, 9.17) is 16.3 Å². The molecular weight excluding hydrogens is 316 g/mol. The minimum Gasteiger partial charge on any atom is -0.449 e. The van der Waals surface area contributed by atoms with E-state index in [1.165, 1.54) is 4.90 Å². The fourth-order valence-corrected chi connectivity index (χ4v) is 2.79. The number of nitrogens with zero attached hydrogens (tertiary/aromatic N) is 1. The Bertz CT molecular complexity index is 589. The van der Waals surface area contributed by atoms with Crippen LogP contribution in [0, 0.1) is 12.8 Å². The van der Waals surface area contributed by atoms with Gasteiger partial charge in [-0.25, -0.2) is 4.79 Å². The maximum atomic E-state index is 12.5. The first-order chi connectivity index (χ1) is 10.9. The average Bonchev–Trinajstić information content (AvgIpc) is 2.97. The summed E-state index contributed by atoms with van der Waals surface area (Å²) < 4.78 is 5.25. The van der Waals surface area contributed by atoms with E-state index in [-0.39, 0.29) is 11.8 Å². The van der Waals surface area contributed by atoms with Crippen LogP contribution in [0.1, 0.15) is 32.3 Å². The van der Waals surface area contributed by atoms with Crippen LogP contribution in [-0.4, -0.2) is 36.1 Å². The minimum atomic E-state index is -0.482. The molecule has 0 radical (unpaired) electrons. The van der Waals surface area contributed by atoms with Crippen molar-refractivity contribution in [1.29, 1.82) is 0 Å². The van der Waals surface area contributed by atoms with Crippen LogP contribution in [0.3, 0.4) is 0 Å². The zero-order valence-corrected chi connectivity index (χ0v) is 14.5. The van der Waals surface area contributed by atoms with Gasteiger partial charge in [0.1, 0.15) is 6.04 Å². The number of carbonyl (C=O) groups excluding carboxylic acids is 2. The van der Waals surface area contributed by atoms with Gasteiger partial charge in [-0.2, -0.15) is 0 Å². The van der Waals surface area contributed by atoms with E-state index in [2.05, 4.69) is 5.32 Å². The summed E-state index contributed by atoms with van der Waals surface area (Å²) in [5.41, 5.74) is 1.60. The van der Waals surface area contributed by atoms with Crippen molar-refractivity contribution in [2.45, 2.75) is 39.7 Å². The molecule has 23 heavy (non-hydrogen) atoms. The van der Waals surface area contributed by atoms with Crippen LogP contribution < -0.4 is 5.32 Å². The summed E-state index contributed by atoms with van der Waals surface area (Å²) in [7, 11) is 0. The Hall–Kier alpha value is -1.75. The molecule has 1 N–H and O–H groups in total. The van der Waals surface area contributed by atoms with Crippen LogP contribution >= 0.6 is 11.6 Å². The van der Waals surface area contributed by atoms with Crippen molar-refractivity contribution in [1.82, 2.24) is 4.90 Å². The summed E-state index contributed by atoms with van der Waals surface area (Å²) in [6, 6.07) is 4.81. The lowest BCUT2D eigenvalue weighted by Crippen LogP contribution is -2.43. The number of benzene rings is 1. The Morgan fingerprint density at radius 1 is 1.43 bits per heavy atom. The molecule has 5 nitrogen and oxygen atoms in total. The van der Waals surface area contributed by atoms with Crippen LogP contribution in [-0.2, 0) is 9.53 Å². The Morgan fingerprint density at radius 3 is 2.83 bits per heavy atom. The maximum absolute atomic E-state index is 12.5. The van der Waals surface area contributed by atoms with E-state index >= 15 is 0 Å². The van der Waals surface area contributed by atoms with E-state index in [9.17, 15) is 9.59 Å². The van der Waals surface area contributed by atoms with E-state index in [0.29, 0.717) is 30.3 Å². The molecule has 2 amide bonds. The predicted molar refractivity (Wildman–Crippen MR) is 90.7 cm³/mol. The van der Waals surface area contributed by atoms with E-state index in [1.807, 2.05) is 20.8 Å². The first kappa shape index (κ1) is 17.6. The van der Waals surface area contributed by atoms with Crippen molar-refractivity contribution in [3.63, 3.8) is 0 Å². The fraction of sp³-hybridized carbons (Fsp3) is 0.529. The molecule has 0 aromatic heterocycles. The highest BCUT2D eigenvalue weighted by molar-refractivity contribution is 6.30. The van der Waals surface area contributed by atoms with E-state index < -0.39 is 12.1 Å². The van der Waals surface area contributed by atoms with Crippen LogP contribution in [0.5, 0.6) is 0 Å². The number of aryl methyl sites for hydroxylation is 1. The highest BCUT2D eigenvalue weighted by Crippen LogP contribution is 2.23. The fourth-order valence-electron chi connectivity index (χ4n) is 2.56. The van der Waals surface area contributed by atoms with Gasteiger partial charge in [-0.15, -0.1) is 0 Å². The Balaban J connectivity index is 2.01. The number of hydrogen-bond acceptors (Lipinski definition) is 3. The summed E-state index contributed by atoms with van der Waals surface area (Å²) in [5.74, 6) is 0.0833. The van der Waals surface area contributed by atoms with Crippen molar-refractivity contribution in [3.8, 4) is 0 Å². The van der Waals surface area contributed by atoms with Gasteiger partial charge in [-0.05, 0) is 49.4 Å². The van der Waals surface area contributed by atoms with Gasteiger partial charge in [0.05, 0.1) is 6.61 Å². The number of amides is 2. The molecule has 1 atom stereocenters. The largest absolute Gasteiger partial charge is 0.449 e. The second-order valence-corrected chi connectivity index (χ2v) is 6.71. The molecule has 2 rings (SSSR count). The lowest BCUT2D eigenvalue weighted by molar-refractivity contribution is -0.120. The van der Waals surface area contributed by atoms with Gasteiger partial charge in [-0.3, -0.25) is 9.69 Å². The number of nitrogens with one attached hydrogen (secondary N) is 1. The van der Waals surface area contributed by atoms with Gasteiger partial charge in [0.15, 0.2) is 0 Å². The molecule has 0 spiro atoms. The SMILES string of the molecule is Cc1cc(Cl)ccc1NC(=O)[C@H]1CCCN1C(=O)OCC(C)C. The van der Waals surface area contributed by atoms with Crippen molar-refractivity contribution < 1.29 is 14.3 Å². The molecule has 6 heteroatoms. The lowest BCUT2D eigenvalue weighted by Gasteiger charge is -2.24. The van der Waals surface area contributed by atoms with Crippen molar-refractivity contribution in [3.05, 3.63) is 28.8 Å². The number of halogens is 1. The second-order valence-electron chi connectivity index (χ2n) is 6.27. The third-order valence-corrected chi connectivity index (χ3v) is 4.01. The molecule has 1 aromatic rings. The highest BCUT2D eigenvalue weighted by Gasteiger charge is 2.35. The zero-order chi connectivity index (χ0) is 17.0. The van der Waals surface area contributed by atoms with Crippen molar-refractivity contribution >= 4 is 29.3 Å². The van der Waals surface area contributed by atoms with Gasteiger partial charge < -0.3 is 10.1 Å². The van der Waals surface area contributed by atoms with Gasteiger partial charge in [0.2, 0.25) is 5.91 Å². The van der Waals surface area contributed by atoms with Gasteiger partial charge in [0.25, 0.3) is 0 Å². The summed E-state index contributed by atoms with van der Waals surface area (Å²) in [4.78, 5) is 26.2. The predicted octanol–water partition coefficient (Wildman–Crippen LogP) is 3.84. The smallest absolute Gasteiger partial charge is 0.410 e. The average molecular weight is 339 g/mol. The summed E-state index contributed by atoms with van der Waals surface area (Å²) in [6.45, 7) is 6.74. The molecule has 0 unspecified atom stereocenters. The van der Waals surface area contributed by atoms with Gasteiger partial charge in [0, 0.05) is 17.3 Å². The molecule has 1 aliphatic rings. The quantitative estimate of drug-likeness (QED) is 0.907. The van der Waals surface area contributed by atoms with Gasteiger partial charge in [-0.1, -0.05) is 25.4 Å². The zero-order valence-electron chi connectivity index (χ0n) is 13.8. The number of rotatable bonds is 4. The number of carbonyl (C=O) groups is 2. The van der Waals surface area contributed by atoms with E-state index in [1.54, 1.807) is 18.2 Å². The number of anilines is 1. The summed E-state index contributed by atoms with van der Waals surface area (Å²) in [6.07, 6.45) is 1.04. The molecule has 1 saturated heterocycles. The molecule has 0 saturated carbocycles. The maximum Gasteiger partial charge on any atom is 0.410 e. The first-order valence-electron chi connectivity index (χ1n) is 7.89. The van der Waals surface area contributed by atoms with Crippen LogP contribution in [0.15, 0.2) is 18.2 Å². The van der Waals surface area contributed by atoms with Gasteiger partial charge >= 0.3 is 6.09 Å². The third-order valence-electron chi connectivity index (χ3n) is 3.78. The molecule has 1 aromatic carbocycles. The Morgan fingerprint density at radius 2 is 2.17 bits per heavy atom. The van der Waals surface area contributed by atoms with Crippen LogP contribution in [0.2, 0.25) is 5.02 Å². The first-order valence-corrected chi connectivity index (χ1v) is 8.26. The number of hydrogen-bond donors (Lipinski definition) is 1. The Labute approximate surface area is 141 Å².